The number of methoxy groups -OCH3 is 1. The van der Waals surface area contributed by atoms with E-state index in [-0.39, 0.29) is 18.6 Å². The van der Waals surface area contributed by atoms with Crippen molar-refractivity contribution < 1.29 is 9.84 Å². The summed E-state index contributed by atoms with van der Waals surface area (Å²) in [5, 5.41) is 9.15. The third-order valence-electron chi connectivity index (χ3n) is 2.83. The first-order valence-corrected chi connectivity index (χ1v) is 5.53. The monoisotopic (exact) mass is 220 g/mol. The van der Waals surface area contributed by atoms with Crippen LogP contribution in [0.5, 0.6) is 0 Å². The van der Waals surface area contributed by atoms with Gasteiger partial charge in [0.15, 0.2) is 0 Å². The molecular weight excluding hydrogens is 200 g/mol. The van der Waals surface area contributed by atoms with Crippen molar-refractivity contribution in [2.24, 2.45) is 0 Å². The zero-order valence-corrected chi connectivity index (χ0v) is 10.0. The summed E-state index contributed by atoms with van der Waals surface area (Å²) < 4.78 is 5.21. The molecule has 0 amide bonds. The van der Waals surface area contributed by atoms with Gasteiger partial charge in [0.2, 0.25) is 0 Å². The topological polar surface area (TPSA) is 29.5 Å². The standard InChI is InChI=1S/C14H20O2/c1-11(2)14(9-13(10-15)16-3)12-7-5-4-6-8-12/h4-8,13-15H,1,9-10H2,2-3H3. The molecule has 88 valence electrons. The van der Waals surface area contributed by atoms with E-state index >= 15 is 0 Å². The van der Waals surface area contributed by atoms with E-state index < -0.39 is 0 Å². The average molecular weight is 220 g/mol. The van der Waals surface area contributed by atoms with Gasteiger partial charge < -0.3 is 9.84 Å². The number of benzene rings is 1. The predicted octanol–water partition coefficient (Wildman–Crippen LogP) is 2.74. The molecule has 1 rings (SSSR count). The minimum absolute atomic E-state index is 0.0487. The van der Waals surface area contributed by atoms with E-state index in [9.17, 15) is 0 Å². The molecule has 0 fully saturated rings. The summed E-state index contributed by atoms with van der Waals surface area (Å²) in [6, 6.07) is 10.2. The van der Waals surface area contributed by atoms with E-state index in [1.807, 2.05) is 25.1 Å². The molecular formula is C14H20O2. The Hall–Kier alpha value is -1.12. The highest BCUT2D eigenvalue weighted by atomic mass is 16.5. The lowest BCUT2D eigenvalue weighted by Crippen LogP contribution is -2.19. The molecule has 0 aliphatic carbocycles. The maximum absolute atomic E-state index is 9.15. The predicted molar refractivity (Wildman–Crippen MR) is 66.5 cm³/mol. The Kier molecular flexibility index (Phi) is 5.23. The summed E-state index contributed by atoms with van der Waals surface area (Å²) in [4.78, 5) is 0. The molecule has 2 heteroatoms. The van der Waals surface area contributed by atoms with Gasteiger partial charge in [0, 0.05) is 13.0 Å². The van der Waals surface area contributed by atoms with Crippen molar-refractivity contribution in [3.05, 3.63) is 48.0 Å². The summed E-state index contributed by atoms with van der Waals surface area (Å²) in [6.07, 6.45) is 0.647. The second-order valence-electron chi connectivity index (χ2n) is 4.09. The van der Waals surface area contributed by atoms with Gasteiger partial charge in [0.05, 0.1) is 12.7 Å². The maximum Gasteiger partial charge on any atom is 0.0810 e. The lowest BCUT2D eigenvalue weighted by Gasteiger charge is -2.22. The van der Waals surface area contributed by atoms with E-state index in [1.165, 1.54) is 5.56 Å². The van der Waals surface area contributed by atoms with Crippen molar-refractivity contribution in [3.63, 3.8) is 0 Å². The second kappa shape index (κ2) is 6.46. The van der Waals surface area contributed by atoms with Crippen LogP contribution in [-0.4, -0.2) is 24.9 Å². The lowest BCUT2D eigenvalue weighted by molar-refractivity contribution is 0.0403. The van der Waals surface area contributed by atoms with Gasteiger partial charge >= 0.3 is 0 Å². The summed E-state index contributed by atoms with van der Waals surface area (Å²) in [5.41, 5.74) is 2.33. The second-order valence-corrected chi connectivity index (χ2v) is 4.09. The smallest absolute Gasteiger partial charge is 0.0810 e. The Morgan fingerprint density at radius 2 is 2.00 bits per heavy atom. The first kappa shape index (κ1) is 12.9. The van der Waals surface area contributed by atoms with Gasteiger partial charge in [0.1, 0.15) is 0 Å². The van der Waals surface area contributed by atoms with Gasteiger partial charge in [-0.1, -0.05) is 42.5 Å². The fourth-order valence-corrected chi connectivity index (χ4v) is 1.82. The molecule has 0 spiro atoms. The molecule has 1 N–H and O–H groups in total. The molecule has 1 aromatic carbocycles. The number of aliphatic hydroxyl groups is 1. The summed E-state index contributed by atoms with van der Waals surface area (Å²) >= 11 is 0. The number of hydrogen-bond donors (Lipinski definition) is 1. The molecule has 0 aromatic heterocycles. The normalized spacial score (nSPS) is 14.4. The highest BCUT2D eigenvalue weighted by Crippen LogP contribution is 2.28. The van der Waals surface area contributed by atoms with Crippen LogP contribution in [0.4, 0.5) is 0 Å². The molecule has 0 saturated carbocycles. The Morgan fingerprint density at radius 1 is 1.38 bits per heavy atom. The fourth-order valence-electron chi connectivity index (χ4n) is 1.82. The molecule has 0 bridgehead atoms. The number of aliphatic hydroxyl groups excluding tert-OH is 1. The van der Waals surface area contributed by atoms with Gasteiger partial charge in [-0.25, -0.2) is 0 Å². The van der Waals surface area contributed by atoms with Crippen LogP contribution < -0.4 is 0 Å². The number of hydrogen-bond acceptors (Lipinski definition) is 2. The Balaban J connectivity index is 2.80. The van der Waals surface area contributed by atoms with Crippen LogP contribution in [0, 0.1) is 0 Å². The highest BCUT2D eigenvalue weighted by Gasteiger charge is 2.17. The van der Waals surface area contributed by atoms with Crippen LogP contribution in [0.1, 0.15) is 24.8 Å². The van der Waals surface area contributed by atoms with Crippen LogP contribution >= 0.6 is 0 Å². The molecule has 2 unspecified atom stereocenters. The minimum Gasteiger partial charge on any atom is -0.394 e. The van der Waals surface area contributed by atoms with Crippen molar-refractivity contribution in [1.82, 2.24) is 0 Å². The van der Waals surface area contributed by atoms with Gasteiger partial charge in [-0.15, -0.1) is 0 Å². The van der Waals surface area contributed by atoms with Crippen LogP contribution in [0.2, 0.25) is 0 Å². The first-order valence-electron chi connectivity index (χ1n) is 5.53. The third kappa shape index (κ3) is 3.47. The average Bonchev–Trinajstić information content (AvgIpc) is 2.31. The van der Waals surface area contributed by atoms with Crippen molar-refractivity contribution in [2.75, 3.05) is 13.7 Å². The minimum atomic E-state index is -0.123. The SMILES string of the molecule is C=C(C)C(CC(CO)OC)c1ccccc1. The zero-order chi connectivity index (χ0) is 12.0. The largest absolute Gasteiger partial charge is 0.394 e. The Morgan fingerprint density at radius 3 is 2.44 bits per heavy atom. The maximum atomic E-state index is 9.15. The van der Waals surface area contributed by atoms with Crippen LogP contribution in [0.25, 0.3) is 0 Å². The van der Waals surface area contributed by atoms with Gasteiger partial charge in [-0.05, 0) is 18.9 Å². The lowest BCUT2D eigenvalue weighted by atomic mass is 9.88. The number of ether oxygens (including phenoxy) is 1. The van der Waals surface area contributed by atoms with E-state index in [1.54, 1.807) is 7.11 Å². The molecule has 1 aromatic rings. The summed E-state index contributed by atoms with van der Waals surface area (Å²) in [7, 11) is 1.63. The third-order valence-corrected chi connectivity index (χ3v) is 2.83. The molecule has 0 radical (unpaired) electrons. The van der Waals surface area contributed by atoms with Crippen molar-refractivity contribution in [2.45, 2.75) is 25.4 Å². The molecule has 2 atom stereocenters. The summed E-state index contributed by atoms with van der Waals surface area (Å²) in [5.74, 6) is 0.248. The van der Waals surface area contributed by atoms with Gasteiger partial charge in [0.25, 0.3) is 0 Å². The van der Waals surface area contributed by atoms with E-state index in [4.69, 9.17) is 9.84 Å². The quantitative estimate of drug-likeness (QED) is 0.747. The Labute approximate surface area is 97.6 Å². The Bertz CT molecular complexity index is 315. The van der Waals surface area contributed by atoms with E-state index in [0.29, 0.717) is 0 Å². The number of rotatable bonds is 6. The summed E-state index contributed by atoms with van der Waals surface area (Å²) in [6.45, 7) is 6.08. The van der Waals surface area contributed by atoms with Gasteiger partial charge in [-0.2, -0.15) is 0 Å². The van der Waals surface area contributed by atoms with Crippen LogP contribution in [0.15, 0.2) is 42.5 Å². The molecule has 0 aliphatic heterocycles. The molecule has 0 heterocycles. The van der Waals surface area contributed by atoms with Crippen molar-refractivity contribution in [3.8, 4) is 0 Å². The molecule has 2 nitrogen and oxygen atoms in total. The molecule has 0 saturated heterocycles. The van der Waals surface area contributed by atoms with Crippen LogP contribution in [0.3, 0.4) is 0 Å². The van der Waals surface area contributed by atoms with E-state index in [2.05, 4.69) is 18.7 Å². The fraction of sp³-hybridized carbons (Fsp3) is 0.429. The zero-order valence-electron chi connectivity index (χ0n) is 10.0. The number of allylic oxidation sites excluding steroid dienone is 1. The highest BCUT2D eigenvalue weighted by molar-refractivity contribution is 5.26. The van der Waals surface area contributed by atoms with Crippen molar-refractivity contribution in [1.29, 1.82) is 0 Å². The van der Waals surface area contributed by atoms with E-state index in [0.717, 1.165) is 12.0 Å². The van der Waals surface area contributed by atoms with Gasteiger partial charge in [-0.3, -0.25) is 0 Å². The molecule has 0 aliphatic rings. The van der Waals surface area contributed by atoms with Crippen molar-refractivity contribution >= 4 is 0 Å². The molecule has 16 heavy (non-hydrogen) atoms. The van der Waals surface area contributed by atoms with Crippen LogP contribution in [-0.2, 0) is 4.74 Å². The first-order chi connectivity index (χ1) is 7.69.